The van der Waals surface area contributed by atoms with Crippen LogP contribution in [0.25, 0.3) is 0 Å². The van der Waals surface area contributed by atoms with Gasteiger partial charge in [-0.2, -0.15) is 0 Å². The van der Waals surface area contributed by atoms with Gasteiger partial charge in [-0.3, -0.25) is 19.2 Å². The molecule has 0 spiro atoms. The van der Waals surface area contributed by atoms with Gasteiger partial charge in [-0.1, -0.05) is 19.4 Å². The maximum Gasteiger partial charge on any atom is 0.306 e. The number of unbranched alkanes of at least 4 members (excludes halogenated alkanes) is 2. The summed E-state index contributed by atoms with van der Waals surface area (Å²) in [6, 6.07) is 0. The molecular formula is C31H40F2N2O14. The van der Waals surface area contributed by atoms with Crippen molar-refractivity contribution in [2.45, 2.75) is 102 Å². The number of carbonyl (C=O) groups excluding carboxylic acids is 4. The van der Waals surface area contributed by atoms with Crippen molar-refractivity contribution >= 4 is 23.5 Å². The predicted molar refractivity (Wildman–Crippen MR) is 158 cm³/mol. The summed E-state index contributed by atoms with van der Waals surface area (Å²) >= 11 is 0. The topological polar surface area (TPSA) is 232 Å². The number of hydrogen-bond donors (Lipinski definition) is 2. The Morgan fingerprint density at radius 2 is 1.59 bits per heavy atom. The van der Waals surface area contributed by atoms with Crippen LogP contribution in [0.1, 0.15) is 78.1 Å². The number of hydrogen-bond acceptors (Lipinski definition) is 14. The lowest BCUT2D eigenvalue weighted by Crippen LogP contribution is -2.70. The van der Waals surface area contributed by atoms with Gasteiger partial charge in [-0.05, 0) is 56.6 Å². The number of aliphatic hydroxyl groups excluding tert-OH is 2. The number of aliphatic hydroxyl groups is 2. The molecule has 0 aromatic heterocycles. The molecule has 2 N–H and O–H groups in total. The Balaban J connectivity index is 1.63. The van der Waals surface area contributed by atoms with E-state index in [0.29, 0.717) is 0 Å². The molecule has 0 saturated heterocycles. The Labute approximate surface area is 279 Å². The molecule has 0 bridgehead atoms. The first kappa shape index (κ1) is 37.8. The second-order valence-electron chi connectivity index (χ2n) is 13.5. The van der Waals surface area contributed by atoms with Crippen LogP contribution in [0.15, 0.2) is 23.6 Å². The summed E-state index contributed by atoms with van der Waals surface area (Å²) in [6.07, 6.45) is -3.34. The fraction of sp³-hybridized carbons (Fsp3) is 0.742. The summed E-state index contributed by atoms with van der Waals surface area (Å²) in [4.78, 5) is 81.0. The molecule has 2 fully saturated rings. The quantitative estimate of drug-likeness (QED) is 0.102. The summed E-state index contributed by atoms with van der Waals surface area (Å²) in [7, 11) is 0. The first-order valence-corrected chi connectivity index (χ1v) is 16.0. The van der Waals surface area contributed by atoms with Crippen molar-refractivity contribution in [3.63, 3.8) is 0 Å². The van der Waals surface area contributed by atoms with Crippen molar-refractivity contribution in [3.8, 4) is 0 Å². The Kier molecular flexibility index (Phi) is 11.1. The molecule has 272 valence electrons. The van der Waals surface area contributed by atoms with E-state index >= 15 is 8.78 Å². The van der Waals surface area contributed by atoms with Crippen LogP contribution in [-0.2, 0) is 38.3 Å². The minimum absolute atomic E-state index is 0.0900. The summed E-state index contributed by atoms with van der Waals surface area (Å²) < 4.78 is 44.3. The van der Waals surface area contributed by atoms with Gasteiger partial charge in [0, 0.05) is 42.4 Å². The van der Waals surface area contributed by atoms with E-state index in [9.17, 15) is 49.6 Å². The van der Waals surface area contributed by atoms with E-state index in [1.807, 2.05) is 0 Å². The highest BCUT2D eigenvalue weighted by Gasteiger charge is 2.78. The van der Waals surface area contributed by atoms with Crippen LogP contribution in [0.2, 0.25) is 0 Å². The van der Waals surface area contributed by atoms with Crippen molar-refractivity contribution in [2.24, 2.45) is 22.7 Å². The van der Waals surface area contributed by atoms with Crippen LogP contribution in [0.4, 0.5) is 8.78 Å². The third-order valence-electron chi connectivity index (χ3n) is 10.8. The number of Topliss-reactive ketones (excluding diaryl/α,β-unsaturated/α-hetero) is 1. The maximum atomic E-state index is 17.6. The minimum Gasteiger partial charge on any atom is -0.457 e. The number of nitrogens with zero attached hydrogens (tertiary/aromatic N) is 2. The zero-order valence-corrected chi connectivity index (χ0v) is 27.1. The van der Waals surface area contributed by atoms with Crippen LogP contribution in [0, 0.1) is 42.9 Å². The van der Waals surface area contributed by atoms with Crippen LogP contribution in [-0.4, -0.2) is 87.2 Å². The average molecular weight is 703 g/mol. The zero-order chi connectivity index (χ0) is 36.4. The van der Waals surface area contributed by atoms with Crippen LogP contribution < -0.4 is 0 Å². The molecule has 18 heteroatoms. The van der Waals surface area contributed by atoms with Gasteiger partial charge in [0.2, 0.25) is 11.4 Å². The van der Waals surface area contributed by atoms with E-state index in [-0.39, 0.29) is 63.5 Å². The molecular weight excluding hydrogens is 662 g/mol. The summed E-state index contributed by atoms with van der Waals surface area (Å²) in [5, 5.41) is 41.9. The van der Waals surface area contributed by atoms with Crippen LogP contribution in [0.3, 0.4) is 0 Å². The van der Waals surface area contributed by atoms with E-state index in [0.717, 1.165) is 6.08 Å². The Morgan fingerprint density at radius 3 is 2.24 bits per heavy atom. The van der Waals surface area contributed by atoms with Gasteiger partial charge in [0.1, 0.15) is 11.9 Å². The van der Waals surface area contributed by atoms with Gasteiger partial charge in [0.25, 0.3) is 10.2 Å². The van der Waals surface area contributed by atoms with Crippen LogP contribution in [0.5, 0.6) is 0 Å². The smallest absolute Gasteiger partial charge is 0.306 e. The molecule has 0 aliphatic heterocycles. The SMILES string of the molecule is C[C@]12C=CC(=O)CC1=C(F)CC1C3C[C@@H](O)[C@](OC(=O)CCCCCO[N+](=O)[O-])(C(=O)COC(=O)CCCO[N+](=O)[O-])[C@@]3(C)C[C@H](O)[C@@]12F. The molecule has 49 heavy (non-hydrogen) atoms. The molecule has 2 unspecified atom stereocenters. The van der Waals surface area contributed by atoms with Gasteiger partial charge < -0.3 is 29.4 Å². The van der Waals surface area contributed by atoms with Gasteiger partial charge in [0.05, 0.1) is 19.3 Å². The molecule has 2 saturated carbocycles. The fourth-order valence-electron chi connectivity index (χ4n) is 8.52. The highest BCUT2D eigenvalue weighted by molar-refractivity contribution is 5.95. The minimum atomic E-state index is -2.55. The number of halogens is 2. The summed E-state index contributed by atoms with van der Waals surface area (Å²) in [6.45, 7) is 1.15. The molecule has 8 atom stereocenters. The molecule has 0 heterocycles. The summed E-state index contributed by atoms with van der Waals surface area (Å²) in [5.41, 5.74) is -8.58. The highest BCUT2D eigenvalue weighted by atomic mass is 19.1. The average Bonchev–Trinajstić information content (AvgIpc) is 3.24. The number of ether oxygens (including phenoxy) is 2. The fourth-order valence-corrected chi connectivity index (χ4v) is 8.52. The third-order valence-corrected chi connectivity index (χ3v) is 10.8. The van der Waals surface area contributed by atoms with E-state index in [4.69, 9.17) is 9.47 Å². The number of fused-ring (bicyclic) bond motifs is 5. The molecule has 0 aromatic carbocycles. The predicted octanol–water partition coefficient (Wildman–Crippen LogP) is 2.78. The second-order valence-corrected chi connectivity index (χ2v) is 13.5. The molecule has 16 nitrogen and oxygen atoms in total. The number of carbonyl (C=O) groups is 4. The number of alkyl halides is 1. The van der Waals surface area contributed by atoms with Crippen molar-refractivity contribution in [2.75, 3.05) is 19.8 Å². The lowest BCUT2D eigenvalue weighted by Gasteiger charge is -2.62. The first-order valence-electron chi connectivity index (χ1n) is 16.0. The second kappa shape index (κ2) is 14.4. The lowest BCUT2D eigenvalue weighted by molar-refractivity contribution is -0.757. The van der Waals surface area contributed by atoms with Gasteiger partial charge in [-0.15, -0.1) is 20.2 Å². The largest absolute Gasteiger partial charge is 0.457 e. The molecule has 4 aliphatic rings. The molecule has 0 radical (unpaired) electrons. The van der Waals surface area contributed by atoms with Crippen molar-refractivity contribution in [1.82, 2.24) is 0 Å². The number of allylic oxidation sites excluding steroid dienone is 4. The third kappa shape index (κ3) is 6.76. The molecule has 4 rings (SSSR count). The zero-order valence-electron chi connectivity index (χ0n) is 27.1. The summed E-state index contributed by atoms with van der Waals surface area (Å²) in [5.74, 6) is -6.60. The lowest BCUT2D eigenvalue weighted by atomic mass is 9.45. The standard InChI is InChI=1S/C31H40F2N2O14/c1-28-10-9-18(36)13-21(28)22(32)14-20-19-15-23(37)31(29(19,2)16-24(38)30(20,28)33,49-27(41)7-4-3-5-11-47-34(42)43)25(39)17-46-26(40)8-6-12-48-35(44)45/h9-10,19-20,23-24,37-38H,3-8,11-17H2,1-2H3/t19?,20?,23-,24+,28+,29+,30+,31+/m1/s1. The van der Waals surface area contributed by atoms with E-state index in [1.165, 1.54) is 19.9 Å². The van der Waals surface area contributed by atoms with Crippen molar-refractivity contribution < 1.29 is 67.5 Å². The monoisotopic (exact) mass is 702 g/mol. The Morgan fingerprint density at radius 1 is 0.959 bits per heavy atom. The normalized spacial score (nSPS) is 34.7. The van der Waals surface area contributed by atoms with Gasteiger partial charge in [0.15, 0.2) is 18.1 Å². The Hall–Kier alpha value is -4.06. The number of ketones is 2. The van der Waals surface area contributed by atoms with E-state index < -0.39 is 112 Å². The van der Waals surface area contributed by atoms with Crippen molar-refractivity contribution in [1.29, 1.82) is 0 Å². The van der Waals surface area contributed by atoms with Gasteiger partial charge >= 0.3 is 11.9 Å². The van der Waals surface area contributed by atoms with Gasteiger partial charge in [-0.25, -0.2) is 8.78 Å². The van der Waals surface area contributed by atoms with Crippen molar-refractivity contribution in [3.05, 3.63) is 43.8 Å². The maximum absolute atomic E-state index is 17.6. The van der Waals surface area contributed by atoms with Crippen LogP contribution >= 0.6 is 0 Å². The highest BCUT2D eigenvalue weighted by Crippen LogP contribution is 2.70. The number of rotatable bonds is 16. The first-order chi connectivity index (χ1) is 22.9. The van der Waals surface area contributed by atoms with E-state index in [1.54, 1.807) is 0 Å². The Bertz CT molecular complexity index is 1440. The molecule has 0 amide bonds. The number of esters is 2. The molecule has 0 aromatic rings. The molecule has 4 aliphatic carbocycles. The van der Waals surface area contributed by atoms with E-state index in [2.05, 4.69) is 9.68 Å².